The average Bonchev–Trinajstić information content (AvgIpc) is 2.70. The van der Waals surface area contributed by atoms with Gasteiger partial charge in [0.25, 0.3) is 0 Å². The summed E-state index contributed by atoms with van der Waals surface area (Å²) in [6, 6.07) is 8.35. The average molecular weight is 232 g/mol. The smallest absolute Gasteiger partial charge is 0.142 e. The standard InChI is InChI=1S/C14H20N2O/c1-16(2)9-5-7-12-10-11-6-4-8-13(17-3)14(11)15-12/h4,6,8,10,15H,5,7,9H2,1-3H3. The van der Waals surface area contributed by atoms with Crippen molar-refractivity contribution < 1.29 is 4.74 Å². The van der Waals surface area contributed by atoms with Gasteiger partial charge in [0.2, 0.25) is 0 Å². The largest absolute Gasteiger partial charge is 0.495 e. The van der Waals surface area contributed by atoms with Crippen molar-refractivity contribution in [3.8, 4) is 5.75 Å². The summed E-state index contributed by atoms with van der Waals surface area (Å²) in [6.07, 6.45) is 2.25. The van der Waals surface area contributed by atoms with E-state index in [1.54, 1.807) is 7.11 Å². The van der Waals surface area contributed by atoms with Crippen molar-refractivity contribution in [2.24, 2.45) is 0 Å². The normalized spacial score (nSPS) is 11.3. The minimum Gasteiger partial charge on any atom is -0.495 e. The van der Waals surface area contributed by atoms with Crippen LogP contribution in [0.3, 0.4) is 0 Å². The fourth-order valence-electron chi connectivity index (χ4n) is 2.08. The molecule has 0 bridgehead atoms. The van der Waals surface area contributed by atoms with E-state index in [9.17, 15) is 0 Å². The van der Waals surface area contributed by atoms with Crippen LogP contribution in [0.15, 0.2) is 24.3 Å². The Kier molecular flexibility index (Phi) is 3.69. The first-order valence-corrected chi connectivity index (χ1v) is 6.00. The SMILES string of the molecule is COc1cccc2cc(CCCN(C)C)[nH]c12. The summed E-state index contributed by atoms with van der Waals surface area (Å²) in [6.45, 7) is 1.12. The minimum absolute atomic E-state index is 0.918. The van der Waals surface area contributed by atoms with Gasteiger partial charge in [-0.2, -0.15) is 0 Å². The van der Waals surface area contributed by atoms with E-state index in [1.807, 2.05) is 12.1 Å². The van der Waals surface area contributed by atoms with Crippen LogP contribution in [0.4, 0.5) is 0 Å². The number of hydrogen-bond acceptors (Lipinski definition) is 2. The molecule has 3 nitrogen and oxygen atoms in total. The van der Waals surface area contributed by atoms with E-state index in [-0.39, 0.29) is 0 Å². The molecular weight excluding hydrogens is 212 g/mol. The predicted octanol–water partition coefficient (Wildman–Crippen LogP) is 2.67. The summed E-state index contributed by atoms with van der Waals surface area (Å²) >= 11 is 0. The van der Waals surface area contributed by atoms with Crippen molar-refractivity contribution in [3.63, 3.8) is 0 Å². The van der Waals surface area contributed by atoms with Crippen LogP contribution < -0.4 is 4.74 Å². The van der Waals surface area contributed by atoms with Gasteiger partial charge < -0.3 is 14.6 Å². The Morgan fingerprint density at radius 1 is 1.29 bits per heavy atom. The minimum atomic E-state index is 0.918. The molecule has 0 atom stereocenters. The van der Waals surface area contributed by atoms with Crippen molar-refractivity contribution in [1.29, 1.82) is 0 Å². The number of aromatic amines is 1. The van der Waals surface area contributed by atoms with E-state index in [4.69, 9.17) is 4.74 Å². The molecule has 2 aromatic rings. The van der Waals surface area contributed by atoms with E-state index in [0.717, 1.165) is 24.2 Å². The molecule has 17 heavy (non-hydrogen) atoms. The van der Waals surface area contributed by atoms with Crippen molar-refractivity contribution in [2.45, 2.75) is 12.8 Å². The van der Waals surface area contributed by atoms with Crippen molar-refractivity contribution in [2.75, 3.05) is 27.7 Å². The van der Waals surface area contributed by atoms with Gasteiger partial charge in [-0.3, -0.25) is 0 Å². The Bertz CT molecular complexity index is 488. The Balaban J connectivity index is 2.14. The van der Waals surface area contributed by atoms with E-state index >= 15 is 0 Å². The number of H-pyrrole nitrogens is 1. The van der Waals surface area contributed by atoms with Gasteiger partial charge in [-0.05, 0) is 45.6 Å². The second-order valence-corrected chi connectivity index (χ2v) is 4.63. The molecule has 92 valence electrons. The maximum atomic E-state index is 5.34. The second kappa shape index (κ2) is 5.23. The highest BCUT2D eigenvalue weighted by atomic mass is 16.5. The number of aryl methyl sites for hydroxylation is 1. The first-order valence-electron chi connectivity index (χ1n) is 6.00. The van der Waals surface area contributed by atoms with Crippen LogP contribution in [0.1, 0.15) is 12.1 Å². The molecule has 0 unspecified atom stereocenters. The summed E-state index contributed by atoms with van der Waals surface area (Å²) in [5.74, 6) is 0.918. The molecule has 0 radical (unpaired) electrons. The summed E-state index contributed by atoms with van der Waals surface area (Å²) < 4.78 is 5.34. The van der Waals surface area contributed by atoms with Gasteiger partial charge in [0.1, 0.15) is 5.75 Å². The molecule has 1 N–H and O–H groups in total. The third kappa shape index (κ3) is 2.80. The fraction of sp³-hybridized carbons (Fsp3) is 0.429. The first kappa shape index (κ1) is 12.0. The molecule has 0 saturated carbocycles. The molecule has 0 amide bonds. The number of nitrogens with zero attached hydrogens (tertiary/aromatic N) is 1. The molecule has 2 rings (SSSR count). The summed E-state index contributed by atoms with van der Waals surface area (Å²) in [7, 11) is 5.92. The highest BCUT2D eigenvalue weighted by Gasteiger charge is 2.05. The van der Waals surface area contributed by atoms with E-state index < -0.39 is 0 Å². The van der Waals surface area contributed by atoms with Crippen LogP contribution in [0.25, 0.3) is 10.9 Å². The quantitative estimate of drug-likeness (QED) is 0.858. The van der Waals surface area contributed by atoms with Crippen molar-refractivity contribution in [1.82, 2.24) is 9.88 Å². The van der Waals surface area contributed by atoms with Crippen LogP contribution in [-0.2, 0) is 6.42 Å². The van der Waals surface area contributed by atoms with Crippen LogP contribution in [0, 0.1) is 0 Å². The zero-order valence-corrected chi connectivity index (χ0v) is 10.8. The monoisotopic (exact) mass is 232 g/mol. The topological polar surface area (TPSA) is 28.3 Å². The van der Waals surface area contributed by atoms with Gasteiger partial charge in [-0.15, -0.1) is 0 Å². The molecule has 1 aromatic carbocycles. The second-order valence-electron chi connectivity index (χ2n) is 4.63. The van der Waals surface area contributed by atoms with Gasteiger partial charge in [0.05, 0.1) is 12.6 Å². The molecule has 0 fully saturated rings. The fourth-order valence-corrected chi connectivity index (χ4v) is 2.08. The van der Waals surface area contributed by atoms with E-state index in [1.165, 1.54) is 17.5 Å². The number of nitrogens with one attached hydrogen (secondary N) is 1. The van der Waals surface area contributed by atoms with Gasteiger partial charge in [0, 0.05) is 11.1 Å². The third-order valence-corrected chi connectivity index (χ3v) is 2.95. The lowest BCUT2D eigenvalue weighted by atomic mass is 10.2. The lowest BCUT2D eigenvalue weighted by Gasteiger charge is -2.07. The number of aromatic nitrogens is 1. The number of methoxy groups -OCH3 is 1. The number of ether oxygens (including phenoxy) is 1. The van der Waals surface area contributed by atoms with Crippen molar-refractivity contribution in [3.05, 3.63) is 30.0 Å². The lowest BCUT2D eigenvalue weighted by Crippen LogP contribution is -2.13. The Labute approximate surface area is 102 Å². The predicted molar refractivity (Wildman–Crippen MR) is 71.7 cm³/mol. The van der Waals surface area contributed by atoms with Gasteiger partial charge >= 0.3 is 0 Å². The summed E-state index contributed by atoms with van der Waals surface area (Å²) in [5.41, 5.74) is 2.39. The highest BCUT2D eigenvalue weighted by molar-refractivity contribution is 5.86. The summed E-state index contributed by atoms with van der Waals surface area (Å²) in [5, 5.41) is 1.23. The van der Waals surface area contributed by atoms with E-state index in [0.29, 0.717) is 0 Å². The zero-order valence-electron chi connectivity index (χ0n) is 10.8. The molecule has 0 aliphatic carbocycles. The molecule has 1 aromatic heterocycles. The van der Waals surface area contributed by atoms with Gasteiger partial charge in [-0.1, -0.05) is 12.1 Å². The van der Waals surface area contributed by atoms with Crippen molar-refractivity contribution >= 4 is 10.9 Å². The molecular formula is C14H20N2O. The van der Waals surface area contributed by atoms with Crippen LogP contribution >= 0.6 is 0 Å². The Morgan fingerprint density at radius 2 is 2.12 bits per heavy atom. The highest BCUT2D eigenvalue weighted by Crippen LogP contribution is 2.25. The zero-order chi connectivity index (χ0) is 12.3. The molecule has 1 heterocycles. The lowest BCUT2D eigenvalue weighted by molar-refractivity contribution is 0.399. The Morgan fingerprint density at radius 3 is 2.82 bits per heavy atom. The first-order chi connectivity index (χ1) is 8.20. The number of benzene rings is 1. The summed E-state index contributed by atoms with van der Waals surface area (Å²) in [4.78, 5) is 5.66. The molecule has 3 heteroatoms. The number of hydrogen-bond donors (Lipinski definition) is 1. The maximum absolute atomic E-state index is 5.34. The number of rotatable bonds is 5. The van der Waals surface area contributed by atoms with Crippen LogP contribution in [-0.4, -0.2) is 37.6 Å². The maximum Gasteiger partial charge on any atom is 0.142 e. The van der Waals surface area contributed by atoms with Gasteiger partial charge in [0.15, 0.2) is 0 Å². The number of fused-ring (bicyclic) bond motifs is 1. The van der Waals surface area contributed by atoms with E-state index in [2.05, 4.69) is 36.1 Å². The molecule has 0 aliphatic rings. The van der Waals surface area contributed by atoms with Crippen LogP contribution in [0.5, 0.6) is 5.75 Å². The number of para-hydroxylation sites is 1. The molecule has 0 spiro atoms. The van der Waals surface area contributed by atoms with Crippen LogP contribution in [0.2, 0.25) is 0 Å². The van der Waals surface area contributed by atoms with Gasteiger partial charge in [-0.25, -0.2) is 0 Å². The Hall–Kier alpha value is -1.48. The third-order valence-electron chi connectivity index (χ3n) is 2.95. The molecule has 0 aliphatic heterocycles. The molecule has 0 saturated heterocycles.